The lowest BCUT2D eigenvalue weighted by molar-refractivity contribution is 0.102. The van der Waals surface area contributed by atoms with Crippen LogP contribution in [0.3, 0.4) is 0 Å². The third-order valence-electron chi connectivity index (χ3n) is 5.19. The Balaban J connectivity index is 1.51. The summed E-state index contributed by atoms with van der Waals surface area (Å²) in [6.45, 7) is 5.97. The number of nitrogens with zero attached hydrogens (tertiary/aromatic N) is 4. The van der Waals surface area contributed by atoms with Crippen molar-refractivity contribution in [3.8, 4) is 10.6 Å². The first-order chi connectivity index (χ1) is 15.0. The minimum Gasteiger partial charge on any atom is -0.321 e. The molecule has 0 aliphatic carbocycles. The third-order valence-corrected chi connectivity index (χ3v) is 6.26. The van der Waals surface area contributed by atoms with Gasteiger partial charge in [0.2, 0.25) is 0 Å². The lowest BCUT2D eigenvalue weighted by atomic mass is 10.1. The van der Waals surface area contributed by atoms with Gasteiger partial charge in [0, 0.05) is 17.0 Å². The van der Waals surface area contributed by atoms with Gasteiger partial charge in [0.25, 0.3) is 5.91 Å². The van der Waals surface area contributed by atoms with E-state index in [9.17, 15) is 4.79 Å². The van der Waals surface area contributed by atoms with Gasteiger partial charge >= 0.3 is 0 Å². The van der Waals surface area contributed by atoms with Crippen LogP contribution in [-0.4, -0.2) is 25.7 Å². The van der Waals surface area contributed by atoms with Crippen molar-refractivity contribution in [2.45, 2.75) is 26.8 Å². The van der Waals surface area contributed by atoms with Crippen molar-refractivity contribution >= 4 is 44.2 Å². The molecule has 0 fully saturated rings. The maximum absolute atomic E-state index is 13.2. The highest BCUT2D eigenvalue weighted by atomic mass is 32.1. The maximum Gasteiger partial charge on any atom is 0.257 e. The van der Waals surface area contributed by atoms with Crippen LogP contribution in [0.1, 0.15) is 35.9 Å². The van der Waals surface area contributed by atoms with E-state index in [1.54, 1.807) is 17.5 Å². The number of benzene rings is 2. The molecule has 1 amide bonds. The highest BCUT2D eigenvalue weighted by Gasteiger charge is 2.18. The summed E-state index contributed by atoms with van der Waals surface area (Å²) in [6.07, 6.45) is 1.76. The van der Waals surface area contributed by atoms with E-state index in [1.165, 1.54) is 0 Å². The Labute approximate surface area is 183 Å². The number of hydrogen-bond donors (Lipinski definition) is 1. The van der Waals surface area contributed by atoms with E-state index in [0.717, 1.165) is 37.5 Å². The van der Waals surface area contributed by atoms with Gasteiger partial charge in [0.15, 0.2) is 5.65 Å². The van der Waals surface area contributed by atoms with Crippen LogP contribution >= 0.6 is 11.3 Å². The second-order valence-corrected chi connectivity index (χ2v) is 8.73. The topological polar surface area (TPSA) is 72.7 Å². The summed E-state index contributed by atoms with van der Waals surface area (Å²) in [5.41, 5.74) is 4.58. The molecule has 2 aromatic carbocycles. The predicted molar refractivity (Wildman–Crippen MR) is 126 cm³/mol. The quantitative estimate of drug-likeness (QED) is 0.390. The zero-order valence-corrected chi connectivity index (χ0v) is 18.3. The number of carbonyl (C=O) groups is 1. The van der Waals surface area contributed by atoms with Crippen LogP contribution in [0.2, 0.25) is 0 Å². The van der Waals surface area contributed by atoms with Crippen LogP contribution in [0.5, 0.6) is 0 Å². The summed E-state index contributed by atoms with van der Waals surface area (Å²) in [5, 5.41) is 9.20. The number of fused-ring (bicyclic) bond motifs is 2. The van der Waals surface area contributed by atoms with Gasteiger partial charge in [-0.25, -0.2) is 14.6 Å². The summed E-state index contributed by atoms with van der Waals surface area (Å²) in [5.74, 6) is -0.197. The highest BCUT2D eigenvalue weighted by Crippen LogP contribution is 2.34. The van der Waals surface area contributed by atoms with Crippen LogP contribution in [-0.2, 0) is 0 Å². The Hall–Kier alpha value is -3.58. The summed E-state index contributed by atoms with van der Waals surface area (Å²) in [7, 11) is 0. The molecule has 0 aliphatic rings. The van der Waals surface area contributed by atoms with E-state index in [4.69, 9.17) is 4.98 Å². The first-order valence-electron chi connectivity index (χ1n) is 10.1. The van der Waals surface area contributed by atoms with E-state index in [0.29, 0.717) is 11.3 Å². The number of anilines is 1. The molecule has 0 saturated heterocycles. The van der Waals surface area contributed by atoms with Crippen LogP contribution in [0, 0.1) is 6.92 Å². The summed E-state index contributed by atoms with van der Waals surface area (Å²) in [6, 6.07) is 17.8. The fourth-order valence-corrected chi connectivity index (χ4v) is 4.63. The molecule has 1 N–H and O–H groups in total. The van der Waals surface area contributed by atoms with Gasteiger partial charge in [-0.05, 0) is 51.1 Å². The van der Waals surface area contributed by atoms with Crippen molar-refractivity contribution in [1.82, 2.24) is 19.7 Å². The monoisotopic (exact) mass is 427 g/mol. The van der Waals surface area contributed by atoms with E-state index < -0.39 is 0 Å². The molecular formula is C24H21N5OS. The Kier molecular flexibility index (Phi) is 4.75. The molecule has 3 aromatic heterocycles. The normalized spacial score (nSPS) is 11.5. The SMILES string of the molecule is Cc1nc2c(cnn2C(C)C)cc1C(=O)Nc1ccccc1-c1nc2ccccc2s1. The van der Waals surface area contributed by atoms with Gasteiger partial charge in [-0.3, -0.25) is 4.79 Å². The average Bonchev–Trinajstić information content (AvgIpc) is 3.37. The molecule has 3 heterocycles. The Morgan fingerprint density at radius 1 is 1.06 bits per heavy atom. The molecule has 154 valence electrons. The lowest BCUT2D eigenvalue weighted by Crippen LogP contribution is -2.15. The number of carbonyl (C=O) groups excluding carboxylic acids is 1. The van der Waals surface area contributed by atoms with E-state index >= 15 is 0 Å². The largest absolute Gasteiger partial charge is 0.321 e. The molecule has 0 spiro atoms. The third kappa shape index (κ3) is 3.47. The Morgan fingerprint density at radius 3 is 2.65 bits per heavy atom. The fraction of sp³-hybridized carbons (Fsp3) is 0.167. The summed E-state index contributed by atoms with van der Waals surface area (Å²) in [4.78, 5) is 22.6. The molecule has 0 bridgehead atoms. The molecule has 31 heavy (non-hydrogen) atoms. The van der Waals surface area contributed by atoms with Gasteiger partial charge in [0.05, 0.1) is 33.4 Å². The minimum atomic E-state index is -0.197. The number of hydrogen-bond acceptors (Lipinski definition) is 5. The molecule has 0 saturated carbocycles. The molecule has 6 nitrogen and oxygen atoms in total. The number of nitrogens with one attached hydrogen (secondary N) is 1. The molecule has 0 aliphatic heterocycles. The number of pyridine rings is 1. The van der Waals surface area contributed by atoms with E-state index in [1.807, 2.05) is 60.1 Å². The van der Waals surface area contributed by atoms with Crippen molar-refractivity contribution in [3.63, 3.8) is 0 Å². The first-order valence-corrected chi connectivity index (χ1v) is 10.9. The van der Waals surface area contributed by atoms with Crippen molar-refractivity contribution in [3.05, 3.63) is 72.1 Å². The first kappa shape index (κ1) is 19.4. The Bertz CT molecular complexity index is 1400. The lowest BCUT2D eigenvalue weighted by Gasteiger charge is -2.12. The number of thiazole rings is 1. The molecule has 7 heteroatoms. The fourth-order valence-electron chi connectivity index (χ4n) is 3.63. The van der Waals surface area contributed by atoms with Crippen LogP contribution in [0.25, 0.3) is 31.8 Å². The summed E-state index contributed by atoms with van der Waals surface area (Å²) < 4.78 is 2.98. The average molecular weight is 428 g/mol. The molecule has 0 unspecified atom stereocenters. The predicted octanol–water partition coefficient (Wildman–Crippen LogP) is 5.85. The second kappa shape index (κ2) is 7.59. The number of rotatable bonds is 4. The zero-order chi connectivity index (χ0) is 21.5. The van der Waals surface area contributed by atoms with Crippen molar-refractivity contribution in [2.24, 2.45) is 0 Å². The van der Waals surface area contributed by atoms with E-state index in [-0.39, 0.29) is 11.9 Å². The number of aromatic nitrogens is 4. The minimum absolute atomic E-state index is 0.197. The molecule has 0 atom stereocenters. The summed E-state index contributed by atoms with van der Waals surface area (Å²) >= 11 is 1.61. The van der Waals surface area contributed by atoms with Gasteiger partial charge in [0.1, 0.15) is 5.01 Å². The van der Waals surface area contributed by atoms with Crippen molar-refractivity contribution in [1.29, 1.82) is 0 Å². The maximum atomic E-state index is 13.2. The molecular weight excluding hydrogens is 406 g/mol. The van der Waals surface area contributed by atoms with Crippen LogP contribution in [0.15, 0.2) is 60.8 Å². The van der Waals surface area contributed by atoms with Crippen molar-refractivity contribution < 1.29 is 4.79 Å². The highest BCUT2D eigenvalue weighted by molar-refractivity contribution is 7.21. The van der Waals surface area contributed by atoms with Gasteiger partial charge in [-0.2, -0.15) is 5.10 Å². The van der Waals surface area contributed by atoms with Gasteiger partial charge in [-0.15, -0.1) is 11.3 Å². The van der Waals surface area contributed by atoms with E-state index in [2.05, 4.69) is 35.3 Å². The van der Waals surface area contributed by atoms with Crippen LogP contribution in [0.4, 0.5) is 5.69 Å². The molecule has 5 rings (SSSR count). The standard InChI is InChI=1S/C24H21N5OS/c1-14(2)29-22-16(13-25-29)12-18(15(3)26-22)23(30)27-19-9-5-4-8-17(19)24-28-20-10-6-7-11-21(20)31-24/h4-14H,1-3H3,(H,27,30). The molecule has 5 aromatic rings. The van der Waals surface area contributed by atoms with Crippen molar-refractivity contribution in [2.75, 3.05) is 5.32 Å². The zero-order valence-electron chi connectivity index (χ0n) is 17.5. The second-order valence-electron chi connectivity index (χ2n) is 7.70. The number of para-hydroxylation sites is 2. The van der Waals surface area contributed by atoms with Gasteiger partial charge in [-0.1, -0.05) is 24.3 Å². The number of aryl methyl sites for hydroxylation is 1. The molecule has 0 radical (unpaired) electrons. The van der Waals surface area contributed by atoms with Crippen LogP contribution < -0.4 is 5.32 Å². The smallest absolute Gasteiger partial charge is 0.257 e. The number of amides is 1. The Morgan fingerprint density at radius 2 is 1.84 bits per heavy atom. The van der Waals surface area contributed by atoms with Gasteiger partial charge < -0.3 is 5.32 Å².